The first kappa shape index (κ1) is 27.6. The van der Waals surface area contributed by atoms with E-state index in [2.05, 4.69) is 26.3 Å². The van der Waals surface area contributed by atoms with E-state index < -0.39 is 30.4 Å². The lowest BCUT2D eigenvalue weighted by Gasteiger charge is -2.12. The van der Waals surface area contributed by atoms with Crippen LogP contribution in [-0.2, 0) is 19.1 Å². The molecule has 1 aromatic heterocycles. The summed E-state index contributed by atoms with van der Waals surface area (Å²) in [6.45, 7) is 0. The fourth-order valence-corrected chi connectivity index (χ4v) is 4.68. The molecule has 0 aliphatic heterocycles. The number of nitrogens with two attached hydrogens (primary N) is 1. The van der Waals surface area contributed by atoms with Gasteiger partial charge in [0, 0.05) is 20.2 Å². The number of nitrogens with zero attached hydrogens (tertiary/aromatic N) is 2. The molecule has 0 radical (unpaired) electrons. The molecule has 0 aliphatic carbocycles. The third kappa shape index (κ3) is 6.51. The van der Waals surface area contributed by atoms with Crippen LogP contribution in [0.1, 0.15) is 22.3 Å². The van der Waals surface area contributed by atoms with Gasteiger partial charge in [-0.05, 0) is 54.6 Å². The number of hydrogen-bond donors (Lipinski definition) is 3. The predicted octanol–water partition coefficient (Wildman–Crippen LogP) is 4.05. The molecule has 11 nitrogen and oxygen atoms in total. The Kier molecular flexibility index (Phi) is 8.36. The van der Waals surface area contributed by atoms with E-state index in [1.807, 2.05) is 0 Å². The minimum Gasteiger partial charge on any atom is -0.497 e. The average Bonchev–Trinajstić information content (AvgIpc) is 3.34. The number of rotatable bonds is 9. The van der Waals surface area contributed by atoms with Crippen molar-refractivity contribution in [1.29, 1.82) is 0 Å². The Bertz CT molecular complexity index is 1590. The lowest BCUT2D eigenvalue weighted by Crippen LogP contribution is -2.29. The predicted molar refractivity (Wildman–Crippen MR) is 142 cm³/mol. The Labute approximate surface area is 227 Å². The number of sulfonamides is 1. The molecule has 0 aliphatic rings. The summed E-state index contributed by atoms with van der Waals surface area (Å²) in [6, 6.07) is 20.9. The molecule has 4 aromatic rings. The van der Waals surface area contributed by atoms with Gasteiger partial charge in [-0.25, -0.2) is 18.2 Å². The number of carbonyl (C=O) groups excluding carboxylic acids is 1. The number of ether oxygens (including phenoxy) is 1. The highest BCUT2D eigenvalue weighted by Crippen LogP contribution is 2.30. The van der Waals surface area contributed by atoms with Gasteiger partial charge in [0.25, 0.3) is 5.91 Å². The largest absolute Gasteiger partial charge is 0.697 e. The molecule has 0 saturated heterocycles. The van der Waals surface area contributed by atoms with Crippen LogP contribution in [0.15, 0.2) is 88.2 Å². The van der Waals surface area contributed by atoms with Crippen LogP contribution in [0.2, 0.25) is 0 Å². The molecule has 2 unspecified atom stereocenters. The molecular formula is C24H21BrN4O7PS+. The highest BCUT2D eigenvalue weighted by Gasteiger charge is 2.28. The summed E-state index contributed by atoms with van der Waals surface area (Å²) in [7, 11) is -5.42. The smallest absolute Gasteiger partial charge is 0.497 e. The van der Waals surface area contributed by atoms with Crippen LogP contribution < -0.4 is 15.2 Å². The van der Waals surface area contributed by atoms with Gasteiger partial charge in [0.1, 0.15) is 5.75 Å². The lowest BCUT2D eigenvalue weighted by molar-refractivity contribution is 0.0817. The maximum Gasteiger partial charge on any atom is 0.697 e. The van der Waals surface area contributed by atoms with Crippen LogP contribution in [0.3, 0.4) is 0 Å². The molecule has 14 heteroatoms. The minimum atomic E-state index is -3.91. The number of benzene rings is 3. The Morgan fingerprint density at radius 2 is 1.79 bits per heavy atom. The second-order valence-corrected chi connectivity index (χ2v) is 11.0. The second kappa shape index (κ2) is 11.5. The molecule has 0 spiro atoms. The van der Waals surface area contributed by atoms with Gasteiger partial charge >= 0.3 is 8.25 Å². The van der Waals surface area contributed by atoms with Gasteiger partial charge in [0.15, 0.2) is 5.69 Å². The third-order valence-corrected chi connectivity index (χ3v) is 7.20. The number of hydrogen-bond acceptors (Lipinski definition) is 7. The van der Waals surface area contributed by atoms with Crippen molar-refractivity contribution in [2.24, 2.45) is 5.14 Å². The van der Waals surface area contributed by atoms with Crippen LogP contribution in [0.4, 0.5) is 0 Å². The zero-order valence-corrected chi connectivity index (χ0v) is 23.0. The number of amides is 1. The maximum atomic E-state index is 13.2. The molecule has 4 rings (SSSR count). The number of aromatic nitrogens is 2. The van der Waals surface area contributed by atoms with Crippen LogP contribution >= 0.6 is 24.2 Å². The molecule has 3 aromatic carbocycles. The first-order valence-electron chi connectivity index (χ1n) is 10.8. The number of halogens is 1. The van der Waals surface area contributed by atoms with Gasteiger partial charge in [0.05, 0.1) is 23.4 Å². The second-order valence-electron chi connectivity index (χ2n) is 7.85. The molecule has 0 fully saturated rings. The Hall–Kier alpha value is -3.45. The molecule has 38 heavy (non-hydrogen) atoms. The van der Waals surface area contributed by atoms with Crippen molar-refractivity contribution < 1.29 is 31.9 Å². The van der Waals surface area contributed by atoms with Crippen molar-refractivity contribution in [3.63, 3.8) is 0 Å². The SMILES string of the molecule is COc1cccc(-c2cc(C(=O)NC(O[P+](=O)O)c3ccc(Br)cc3)nn2-c2ccc(S(N)(=O)=O)cc2)c1. The van der Waals surface area contributed by atoms with Gasteiger partial charge in [-0.15, -0.1) is 4.89 Å². The molecule has 1 amide bonds. The van der Waals surface area contributed by atoms with Gasteiger partial charge in [0.2, 0.25) is 16.3 Å². The number of nitrogens with one attached hydrogen (secondary N) is 1. The highest BCUT2D eigenvalue weighted by atomic mass is 79.9. The topological polar surface area (TPSA) is 163 Å². The minimum absolute atomic E-state index is 0.0304. The van der Waals surface area contributed by atoms with E-state index in [-0.39, 0.29) is 10.6 Å². The standard InChI is InChI=1S/C24H20BrN4O7PS/c1-35-19-4-2-3-16(13-19)22-14-21(28-29(22)18-9-11-20(12-10-18)38(26,33)34)23(30)27-24(36-37(31)32)15-5-7-17(25)8-6-15/h2-14,24H,1H3,(H3-,26,27,30,31,32,33,34)/p+1. The fraction of sp³-hybridized carbons (Fsp3) is 0.0833. The molecular weight excluding hydrogens is 599 g/mol. The molecule has 2 atom stereocenters. The van der Waals surface area contributed by atoms with Crippen molar-refractivity contribution in [1.82, 2.24) is 15.1 Å². The van der Waals surface area contributed by atoms with Gasteiger partial charge in [-0.1, -0.05) is 44.7 Å². The van der Waals surface area contributed by atoms with Crippen molar-refractivity contribution in [3.05, 3.63) is 94.6 Å². The van der Waals surface area contributed by atoms with Crippen LogP contribution in [-0.4, -0.2) is 36.1 Å². The summed E-state index contributed by atoms with van der Waals surface area (Å²) in [6.07, 6.45) is -1.23. The quantitative estimate of drug-likeness (QED) is 0.186. The summed E-state index contributed by atoms with van der Waals surface area (Å²) in [4.78, 5) is 22.5. The Morgan fingerprint density at radius 1 is 1.11 bits per heavy atom. The molecule has 0 bridgehead atoms. The first-order valence-corrected chi connectivity index (χ1v) is 14.3. The summed E-state index contributed by atoms with van der Waals surface area (Å²) >= 11 is 3.32. The van der Waals surface area contributed by atoms with Crippen LogP contribution in [0.5, 0.6) is 5.75 Å². The zero-order chi connectivity index (χ0) is 27.4. The summed E-state index contributed by atoms with van der Waals surface area (Å²) in [5.74, 6) is -0.111. The van der Waals surface area contributed by atoms with Gasteiger partial charge in [-0.2, -0.15) is 5.10 Å². The summed E-state index contributed by atoms with van der Waals surface area (Å²) in [5.41, 5.74) is 2.01. The molecule has 0 saturated carbocycles. The summed E-state index contributed by atoms with van der Waals surface area (Å²) < 4.78 is 47.4. The van der Waals surface area contributed by atoms with Crippen molar-refractivity contribution >= 4 is 40.1 Å². The van der Waals surface area contributed by atoms with E-state index >= 15 is 0 Å². The molecule has 196 valence electrons. The van der Waals surface area contributed by atoms with E-state index in [1.54, 1.807) is 48.5 Å². The van der Waals surface area contributed by atoms with Gasteiger partial charge in [-0.3, -0.25) is 4.79 Å². The Morgan fingerprint density at radius 3 is 2.39 bits per heavy atom. The first-order chi connectivity index (χ1) is 18.0. The van der Waals surface area contributed by atoms with Crippen molar-refractivity contribution in [2.75, 3.05) is 7.11 Å². The monoisotopic (exact) mass is 619 g/mol. The van der Waals surface area contributed by atoms with Crippen LogP contribution in [0.25, 0.3) is 16.9 Å². The normalized spacial score (nSPS) is 12.6. The molecule has 4 N–H and O–H groups in total. The summed E-state index contributed by atoms with van der Waals surface area (Å²) in [5, 5.41) is 12.2. The number of primary sulfonamides is 1. The van der Waals surface area contributed by atoms with Crippen molar-refractivity contribution in [2.45, 2.75) is 11.1 Å². The van der Waals surface area contributed by atoms with E-state index in [4.69, 9.17) is 14.4 Å². The van der Waals surface area contributed by atoms with E-state index in [9.17, 15) is 22.7 Å². The van der Waals surface area contributed by atoms with E-state index in [1.165, 1.54) is 42.1 Å². The average molecular weight is 620 g/mol. The number of methoxy groups -OCH3 is 1. The maximum absolute atomic E-state index is 13.2. The van der Waals surface area contributed by atoms with Crippen molar-refractivity contribution in [3.8, 4) is 22.7 Å². The Balaban J connectivity index is 1.75. The third-order valence-electron chi connectivity index (χ3n) is 5.35. The van der Waals surface area contributed by atoms with Crippen LogP contribution in [0, 0.1) is 0 Å². The fourth-order valence-electron chi connectivity index (χ4n) is 3.55. The van der Waals surface area contributed by atoms with E-state index in [0.717, 1.165) is 4.47 Å². The lowest BCUT2D eigenvalue weighted by atomic mass is 10.1. The van der Waals surface area contributed by atoms with E-state index in [0.29, 0.717) is 28.3 Å². The molecule has 1 heterocycles. The number of carbonyl (C=O) groups is 1. The highest BCUT2D eigenvalue weighted by molar-refractivity contribution is 9.10. The zero-order valence-electron chi connectivity index (χ0n) is 19.7. The van der Waals surface area contributed by atoms with Gasteiger partial charge < -0.3 is 10.1 Å².